The van der Waals surface area contributed by atoms with E-state index < -0.39 is 0 Å². The lowest BCUT2D eigenvalue weighted by molar-refractivity contribution is -0.141. The molecule has 1 atom stereocenters. The van der Waals surface area contributed by atoms with Gasteiger partial charge in [0.2, 0.25) is 11.8 Å². The molecular weight excluding hydrogens is 400 g/mol. The van der Waals surface area contributed by atoms with Crippen molar-refractivity contribution in [3.05, 3.63) is 0 Å². The van der Waals surface area contributed by atoms with E-state index in [0.29, 0.717) is 32.2 Å². The molecule has 8 nitrogen and oxygen atoms in total. The summed E-state index contributed by atoms with van der Waals surface area (Å²) in [7, 11) is 2.79. The van der Waals surface area contributed by atoms with Gasteiger partial charge in [-0.05, 0) is 32.6 Å². The van der Waals surface area contributed by atoms with Crippen LogP contribution in [0, 0.1) is 0 Å². The lowest BCUT2D eigenvalue weighted by Crippen LogP contribution is -2.41. The topological polar surface area (TPSA) is 111 Å². The molecule has 31 heavy (non-hydrogen) atoms. The van der Waals surface area contributed by atoms with Gasteiger partial charge in [0.25, 0.3) is 0 Å². The number of carbonyl (C=O) groups is 4. The summed E-state index contributed by atoms with van der Waals surface area (Å²) in [5.41, 5.74) is 0. The van der Waals surface area contributed by atoms with Gasteiger partial charge in [0, 0.05) is 38.3 Å². The predicted octanol–water partition coefficient (Wildman–Crippen LogP) is 3.41. The van der Waals surface area contributed by atoms with Crippen molar-refractivity contribution in [1.29, 1.82) is 0 Å². The van der Waals surface area contributed by atoms with Crippen LogP contribution in [0.15, 0.2) is 0 Å². The van der Waals surface area contributed by atoms with Crippen molar-refractivity contribution in [2.75, 3.05) is 20.8 Å². The Balaban J connectivity index is 3.56. The molecular formula is C23H42N2O6. The Kier molecular flexibility index (Phi) is 18.5. The summed E-state index contributed by atoms with van der Waals surface area (Å²) < 4.78 is 9.19. The number of ether oxygens (including phenoxy) is 2. The van der Waals surface area contributed by atoms with Crippen LogP contribution in [0.3, 0.4) is 0 Å². The Hall–Kier alpha value is -2.12. The molecule has 0 spiro atoms. The van der Waals surface area contributed by atoms with Crippen molar-refractivity contribution < 1.29 is 28.7 Å². The summed E-state index contributed by atoms with van der Waals surface area (Å²) >= 11 is 0. The molecule has 0 bridgehead atoms. The summed E-state index contributed by atoms with van der Waals surface area (Å²) in [6.45, 7) is 2.31. The molecule has 0 aliphatic rings. The second-order valence-corrected chi connectivity index (χ2v) is 7.96. The Morgan fingerprint density at radius 2 is 1.00 bits per heavy atom. The summed E-state index contributed by atoms with van der Waals surface area (Å²) in [5.74, 6) is -0.341. The van der Waals surface area contributed by atoms with Crippen LogP contribution in [0.4, 0.5) is 0 Å². The van der Waals surface area contributed by atoms with E-state index in [1.165, 1.54) is 14.2 Å². The standard InChI is InChI=1S/C23H42N2O6/c1-19(25-21(27)15-11-7-5-9-13-17-23(29)31-3)18-24-20(26)14-10-6-4-8-12-16-22(28)30-2/h19H,4-18H2,1-3H3,(H,24,26)(H,25,27). The minimum Gasteiger partial charge on any atom is -0.469 e. The highest BCUT2D eigenvalue weighted by molar-refractivity contribution is 5.77. The first-order valence-electron chi connectivity index (χ1n) is 11.6. The van der Waals surface area contributed by atoms with Crippen LogP contribution in [-0.2, 0) is 28.7 Å². The Morgan fingerprint density at radius 3 is 1.45 bits per heavy atom. The quantitative estimate of drug-likeness (QED) is 0.234. The molecule has 0 aromatic rings. The first kappa shape index (κ1) is 28.9. The summed E-state index contributed by atoms with van der Waals surface area (Å²) in [6, 6.07) is -0.102. The fraction of sp³-hybridized carbons (Fsp3) is 0.826. The lowest BCUT2D eigenvalue weighted by Gasteiger charge is -2.15. The maximum atomic E-state index is 12.0. The van der Waals surface area contributed by atoms with Crippen molar-refractivity contribution >= 4 is 23.8 Å². The van der Waals surface area contributed by atoms with E-state index in [1.54, 1.807) is 0 Å². The summed E-state index contributed by atoms with van der Waals surface area (Å²) in [4.78, 5) is 45.9. The Labute approximate surface area is 187 Å². The predicted molar refractivity (Wildman–Crippen MR) is 119 cm³/mol. The molecule has 0 heterocycles. The van der Waals surface area contributed by atoms with E-state index in [-0.39, 0.29) is 29.8 Å². The maximum absolute atomic E-state index is 12.0. The number of unbranched alkanes of at least 4 members (excludes halogenated alkanes) is 8. The van der Waals surface area contributed by atoms with E-state index in [0.717, 1.165) is 64.2 Å². The van der Waals surface area contributed by atoms with Crippen LogP contribution in [0.1, 0.15) is 96.8 Å². The first-order valence-corrected chi connectivity index (χ1v) is 11.6. The molecule has 0 saturated heterocycles. The van der Waals surface area contributed by atoms with Crippen LogP contribution in [0.5, 0.6) is 0 Å². The SMILES string of the molecule is COC(=O)CCCCCCCC(=O)NCC(C)NC(=O)CCCCCCCC(=O)OC. The van der Waals surface area contributed by atoms with E-state index in [1.807, 2.05) is 6.92 Å². The second kappa shape index (κ2) is 19.8. The normalized spacial score (nSPS) is 11.5. The molecule has 0 saturated carbocycles. The number of nitrogens with one attached hydrogen (secondary N) is 2. The fourth-order valence-corrected chi connectivity index (χ4v) is 3.13. The van der Waals surface area contributed by atoms with Crippen LogP contribution >= 0.6 is 0 Å². The number of hydrogen-bond acceptors (Lipinski definition) is 6. The molecule has 0 aromatic heterocycles. The summed E-state index contributed by atoms with van der Waals surface area (Å²) in [6.07, 6.45) is 11.0. The minimum atomic E-state index is -0.173. The Morgan fingerprint density at radius 1 is 0.613 bits per heavy atom. The zero-order valence-electron chi connectivity index (χ0n) is 19.6. The number of esters is 2. The molecule has 0 aliphatic carbocycles. The zero-order chi connectivity index (χ0) is 23.3. The van der Waals surface area contributed by atoms with E-state index >= 15 is 0 Å². The van der Waals surface area contributed by atoms with Gasteiger partial charge in [-0.1, -0.05) is 38.5 Å². The average molecular weight is 443 g/mol. The minimum absolute atomic E-state index is 0.00242. The highest BCUT2D eigenvalue weighted by Crippen LogP contribution is 2.09. The lowest BCUT2D eigenvalue weighted by atomic mass is 10.1. The van der Waals surface area contributed by atoms with Gasteiger partial charge in [-0.3, -0.25) is 19.2 Å². The maximum Gasteiger partial charge on any atom is 0.305 e. The van der Waals surface area contributed by atoms with Crippen molar-refractivity contribution in [3.8, 4) is 0 Å². The number of carbonyl (C=O) groups excluding carboxylic acids is 4. The monoisotopic (exact) mass is 442 g/mol. The molecule has 2 N–H and O–H groups in total. The number of rotatable bonds is 19. The van der Waals surface area contributed by atoms with E-state index in [2.05, 4.69) is 20.1 Å². The van der Waals surface area contributed by atoms with Gasteiger partial charge in [0.05, 0.1) is 14.2 Å². The number of amides is 2. The van der Waals surface area contributed by atoms with Crippen LogP contribution in [0.25, 0.3) is 0 Å². The second-order valence-electron chi connectivity index (χ2n) is 7.96. The van der Waals surface area contributed by atoms with Gasteiger partial charge in [0.15, 0.2) is 0 Å². The highest BCUT2D eigenvalue weighted by Gasteiger charge is 2.09. The molecule has 0 rings (SSSR count). The smallest absolute Gasteiger partial charge is 0.305 e. The molecule has 1 unspecified atom stereocenters. The van der Waals surface area contributed by atoms with Gasteiger partial charge in [0.1, 0.15) is 0 Å². The van der Waals surface area contributed by atoms with Crippen molar-refractivity contribution in [2.24, 2.45) is 0 Å². The van der Waals surface area contributed by atoms with Crippen LogP contribution in [0.2, 0.25) is 0 Å². The van der Waals surface area contributed by atoms with Crippen LogP contribution < -0.4 is 10.6 Å². The highest BCUT2D eigenvalue weighted by atomic mass is 16.5. The van der Waals surface area contributed by atoms with Crippen molar-refractivity contribution in [1.82, 2.24) is 10.6 Å². The largest absolute Gasteiger partial charge is 0.469 e. The third-order valence-electron chi connectivity index (χ3n) is 5.04. The third-order valence-corrected chi connectivity index (χ3v) is 5.04. The summed E-state index contributed by atoms with van der Waals surface area (Å²) in [5, 5.41) is 5.78. The molecule has 0 fully saturated rings. The molecule has 0 aliphatic heterocycles. The Bertz CT molecular complexity index is 524. The van der Waals surface area contributed by atoms with Crippen molar-refractivity contribution in [3.63, 3.8) is 0 Å². The first-order chi connectivity index (χ1) is 14.9. The fourth-order valence-electron chi connectivity index (χ4n) is 3.13. The third kappa shape index (κ3) is 19.6. The van der Waals surface area contributed by atoms with Gasteiger partial charge < -0.3 is 20.1 Å². The van der Waals surface area contributed by atoms with Crippen LogP contribution in [-0.4, -0.2) is 50.6 Å². The number of hydrogen-bond donors (Lipinski definition) is 2. The molecule has 0 aromatic carbocycles. The zero-order valence-corrected chi connectivity index (χ0v) is 19.6. The molecule has 2 amide bonds. The van der Waals surface area contributed by atoms with Gasteiger partial charge in [-0.25, -0.2) is 0 Å². The van der Waals surface area contributed by atoms with E-state index in [9.17, 15) is 19.2 Å². The molecule has 0 radical (unpaired) electrons. The molecule has 180 valence electrons. The number of methoxy groups -OCH3 is 2. The molecule has 8 heteroatoms. The average Bonchev–Trinajstić information content (AvgIpc) is 2.75. The van der Waals surface area contributed by atoms with E-state index in [4.69, 9.17) is 0 Å². The van der Waals surface area contributed by atoms with Gasteiger partial charge >= 0.3 is 11.9 Å². The van der Waals surface area contributed by atoms with Gasteiger partial charge in [-0.15, -0.1) is 0 Å². The van der Waals surface area contributed by atoms with Gasteiger partial charge in [-0.2, -0.15) is 0 Å². The van der Waals surface area contributed by atoms with Crippen molar-refractivity contribution in [2.45, 2.75) is 103 Å².